The van der Waals surface area contributed by atoms with Gasteiger partial charge >= 0.3 is 6.09 Å². The van der Waals surface area contributed by atoms with Crippen molar-refractivity contribution in [3.05, 3.63) is 74.4 Å². The molecule has 0 aliphatic carbocycles. The summed E-state index contributed by atoms with van der Waals surface area (Å²) in [4.78, 5) is 56.8. The molecule has 1 fully saturated rings. The number of rotatable bonds is 6. The number of aromatic nitrogens is 1. The van der Waals surface area contributed by atoms with Gasteiger partial charge in [-0.15, -0.1) is 0 Å². The van der Waals surface area contributed by atoms with Gasteiger partial charge in [0.1, 0.15) is 17.1 Å². The van der Waals surface area contributed by atoms with Crippen molar-refractivity contribution >= 4 is 46.0 Å². The number of ether oxygens (including phenoxy) is 1. The maximum atomic E-state index is 15.0. The number of pyridine rings is 1. The molecule has 3 aromatic rings. The van der Waals surface area contributed by atoms with E-state index in [1.165, 1.54) is 12.1 Å². The van der Waals surface area contributed by atoms with E-state index < -0.39 is 47.4 Å². The summed E-state index contributed by atoms with van der Waals surface area (Å²) < 4.78 is 47.9. The van der Waals surface area contributed by atoms with Crippen LogP contribution in [0.1, 0.15) is 55.4 Å². The van der Waals surface area contributed by atoms with Crippen LogP contribution in [0.3, 0.4) is 0 Å². The Morgan fingerprint density at radius 1 is 1.13 bits per heavy atom. The lowest BCUT2D eigenvalue weighted by atomic mass is 9.93. The van der Waals surface area contributed by atoms with E-state index in [2.05, 4.69) is 15.6 Å². The highest BCUT2D eigenvalue weighted by molar-refractivity contribution is 6.30. The second-order valence-corrected chi connectivity index (χ2v) is 13.0. The van der Waals surface area contributed by atoms with Gasteiger partial charge in [-0.2, -0.15) is 0 Å². The highest BCUT2D eigenvalue weighted by Crippen LogP contribution is 2.32. The third kappa shape index (κ3) is 7.09. The number of alkyl carbamates (subject to hydrolysis) is 1. The summed E-state index contributed by atoms with van der Waals surface area (Å²) in [7, 11) is 0. The fraction of sp³-hybridized carbons (Fsp3) is 0.438. The number of hydrogen-bond acceptors (Lipinski definition) is 6. The van der Waals surface area contributed by atoms with Gasteiger partial charge in [-0.3, -0.25) is 14.4 Å². The van der Waals surface area contributed by atoms with Gasteiger partial charge in [-0.25, -0.2) is 18.0 Å². The highest BCUT2D eigenvalue weighted by Gasteiger charge is 2.42. The predicted molar refractivity (Wildman–Crippen MR) is 167 cm³/mol. The molecule has 3 atom stereocenters. The maximum absolute atomic E-state index is 15.0. The zero-order valence-corrected chi connectivity index (χ0v) is 26.5. The molecule has 0 saturated carbocycles. The van der Waals surface area contributed by atoms with E-state index >= 15 is 4.39 Å². The molecular weight excluding hydrogens is 627 g/mol. The predicted octanol–water partition coefficient (Wildman–Crippen LogP) is 5.11. The summed E-state index contributed by atoms with van der Waals surface area (Å²) in [5.41, 5.74) is 0.206. The molecule has 14 heteroatoms. The highest BCUT2D eigenvalue weighted by atomic mass is 35.5. The van der Waals surface area contributed by atoms with Gasteiger partial charge in [-0.05, 0) is 81.0 Å². The van der Waals surface area contributed by atoms with Crippen LogP contribution in [0.4, 0.5) is 23.7 Å². The van der Waals surface area contributed by atoms with E-state index in [0.29, 0.717) is 18.0 Å². The summed E-state index contributed by atoms with van der Waals surface area (Å²) in [5, 5.41) is 6.02. The molecule has 2 aliphatic heterocycles. The number of likely N-dealkylation sites (tertiary alicyclic amines) is 1. The average Bonchev–Trinajstić information content (AvgIpc) is 3.38. The standard InChI is InChI=1S/C32H35ClF3N5O5/c1-16-20-6-5-19(33)9-17(20)7-8-41(16)27(42)13-37-24-10-18-11-25(38-29(43)21(18)12-23(24)34)30(44)40-14-22(28(35)36)26(15-40)39-31(45)46-32(2,3)4/h5-6,9-12,16,22,26,28,37H,7-8,13-15H2,1-4H3,(H,38,43)(H,39,45)/t16-,22+,26+/m0/s1. The van der Waals surface area contributed by atoms with Gasteiger partial charge in [0.15, 0.2) is 0 Å². The molecule has 10 nitrogen and oxygen atoms in total. The molecule has 0 bridgehead atoms. The molecule has 2 aromatic carbocycles. The van der Waals surface area contributed by atoms with E-state index in [1.54, 1.807) is 31.7 Å². The Morgan fingerprint density at radius 3 is 2.57 bits per heavy atom. The first-order chi connectivity index (χ1) is 21.6. The van der Waals surface area contributed by atoms with Gasteiger partial charge in [0, 0.05) is 24.7 Å². The molecule has 0 radical (unpaired) electrons. The average molecular weight is 662 g/mol. The number of hydrogen-bond donors (Lipinski definition) is 3. The molecular formula is C32H35ClF3N5O5. The number of nitrogens with one attached hydrogen (secondary N) is 3. The summed E-state index contributed by atoms with van der Waals surface area (Å²) in [6, 6.07) is 7.91. The molecule has 1 saturated heterocycles. The van der Waals surface area contributed by atoms with Gasteiger partial charge in [0.05, 0.1) is 35.6 Å². The number of anilines is 1. The zero-order chi connectivity index (χ0) is 33.5. The van der Waals surface area contributed by atoms with Gasteiger partial charge in [0.25, 0.3) is 11.5 Å². The molecule has 1 aromatic heterocycles. The fourth-order valence-electron chi connectivity index (χ4n) is 5.98. The van der Waals surface area contributed by atoms with Crippen molar-refractivity contribution in [3.8, 4) is 0 Å². The Balaban J connectivity index is 1.31. The van der Waals surface area contributed by atoms with Crippen LogP contribution in [0.15, 0.2) is 41.2 Å². The second-order valence-electron chi connectivity index (χ2n) is 12.6. The zero-order valence-electron chi connectivity index (χ0n) is 25.8. The normalized spacial score (nSPS) is 19.7. The van der Waals surface area contributed by atoms with Crippen LogP contribution < -0.4 is 16.2 Å². The minimum absolute atomic E-state index is 0.0396. The number of carbonyl (C=O) groups is 3. The summed E-state index contributed by atoms with van der Waals surface area (Å²) >= 11 is 6.11. The van der Waals surface area contributed by atoms with Crippen molar-refractivity contribution in [2.45, 2.75) is 58.2 Å². The van der Waals surface area contributed by atoms with Gasteiger partial charge in [0.2, 0.25) is 12.3 Å². The number of carbonyl (C=O) groups excluding carboxylic acids is 3. The number of benzene rings is 2. The van der Waals surface area contributed by atoms with Crippen LogP contribution in [0.5, 0.6) is 0 Å². The Morgan fingerprint density at radius 2 is 1.87 bits per heavy atom. The lowest BCUT2D eigenvalue weighted by molar-refractivity contribution is -0.131. The molecule has 246 valence electrons. The van der Waals surface area contributed by atoms with Crippen molar-refractivity contribution in [1.82, 2.24) is 20.1 Å². The van der Waals surface area contributed by atoms with Crippen LogP contribution in [-0.2, 0) is 16.0 Å². The van der Waals surface area contributed by atoms with E-state index in [-0.39, 0.29) is 53.7 Å². The van der Waals surface area contributed by atoms with Crippen LogP contribution in [0.2, 0.25) is 5.02 Å². The first-order valence-electron chi connectivity index (χ1n) is 14.9. The lowest BCUT2D eigenvalue weighted by Gasteiger charge is -2.35. The van der Waals surface area contributed by atoms with Crippen molar-refractivity contribution in [2.24, 2.45) is 5.92 Å². The molecule has 3 heterocycles. The Bertz CT molecular complexity index is 1740. The van der Waals surface area contributed by atoms with Crippen molar-refractivity contribution in [3.63, 3.8) is 0 Å². The second kappa shape index (κ2) is 12.9. The Hall–Kier alpha value is -4.26. The van der Waals surface area contributed by atoms with Gasteiger partial charge < -0.3 is 30.2 Å². The van der Waals surface area contributed by atoms with E-state index in [1.807, 2.05) is 19.1 Å². The Labute approximate surface area is 268 Å². The fourth-order valence-corrected chi connectivity index (χ4v) is 6.18. The molecule has 2 aliphatic rings. The molecule has 0 spiro atoms. The molecule has 3 amide bonds. The number of H-pyrrole nitrogens is 1. The maximum Gasteiger partial charge on any atom is 0.407 e. The minimum Gasteiger partial charge on any atom is -0.444 e. The smallest absolute Gasteiger partial charge is 0.407 e. The molecule has 5 rings (SSSR count). The molecule has 0 unspecified atom stereocenters. The number of aromatic amines is 1. The van der Waals surface area contributed by atoms with Crippen LogP contribution in [-0.4, -0.2) is 76.9 Å². The quantitative estimate of drug-likeness (QED) is 0.338. The van der Waals surface area contributed by atoms with Gasteiger partial charge in [-0.1, -0.05) is 17.7 Å². The summed E-state index contributed by atoms with van der Waals surface area (Å²) in [5.74, 6) is -3.13. The number of alkyl halides is 2. The van der Waals surface area contributed by atoms with Crippen molar-refractivity contribution < 1.29 is 32.3 Å². The topological polar surface area (TPSA) is 124 Å². The van der Waals surface area contributed by atoms with Crippen molar-refractivity contribution in [1.29, 1.82) is 0 Å². The summed E-state index contributed by atoms with van der Waals surface area (Å²) in [6.45, 7) is 6.44. The van der Waals surface area contributed by atoms with E-state index in [9.17, 15) is 28.0 Å². The lowest BCUT2D eigenvalue weighted by Crippen LogP contribution is -2.45. The monoisotopic (exact) mass is 661 g/mol. The third-order valence-corrected chi connectivity index (χ3v) is 8.47. The molecule has 3 N–H and O–H groups in total. The number of amides is 3. The summed E-state index contributed by atoms with van der Waals surface area (Å²) in [6.07, 6.45) is -3.10. The first-order valence-corrected chi connectivity index (χ1v) is 15.2. The number of fused-ring (bicyclic) bond motifs is 2. The first kappa shape index (κ1) is 33.1. The Kier molecular flexibility index (Phi) is 9.26. The van der Waals surface area contributed by atoms with Crippen LogP contribution in [0.25, 0.3) is 10.8 Å². The number of halogens is 4. The van der Waals surface area contributed by atoms with Crippen molar-refractivity contribution in [2.75, 3.05) is 31.5 Å². The molecule has 46 heavy (non-hydrogen) atoms. The number of nitrogens with zero attached hydrogens (tertiary/aromatic N) is 2. The van der Waals surface area contributed by atoms with E-state index in [0.717, 1.165) is 22.1 Å². The minimum atomic E-state index is -2.84. The SMILES string of the molecule is C[C@H]1c2ccc(Cl)cc2CCN1C(=O)CNc1cc2cc(C(=O)N3C[C@@H](NC(=O)OC(C)(C)C)[C@H](C(F)F)C3)[nH]c(=O)c2cc1F. The third-order valence-electron chi connectivity index (χ3n) is 8.24. The van der Waals surface area contributed by atoms with Crippen LogP contribution in [0, 0.1) is 11.7 Å². The van der Waals surface area contributed by atoms with Crippen LogP contribution >= 0.6 is 11.6 Å². The van der Waals surface area contributed by atoms with E-state index in [4.69, 9.17) is 16.3 Å². The largest absolute Gasteiger partial charge is 0.444 e.